The zero-order chi connectivity index (χ0) is 16.5. The number of nitrogens with zero attached hydrogens (tertiary/aromatic N) is 1. The summed E-state index contributed by atoms with van der Waals surface area (Å²) in [7, 11) is 0. The Morgan fingerprint density at radius 3 is 2.46 bits per heavy atom. The smallest absolute Gasteiger partial charge is 0.251 e. The molecule has 1 saturated carbocycles. The predicted molar refractivity (Wildman–Crippen MR) is 89.7 cm³/mol. The quantitative estimate of drug-likeness (QED) is 0.907. The second-order valence-electron chi connectivity index (χ2n) is 6.19. The van der Waals surface area contributed by atoms with Gasteiger partial charge in [-0.15, -0.1) is 0 Å². The first kappa shape index (κ1) is 14.9. The van der Waals surface area contributed by atoms with Gasteiger partial charge in [-0.05, 0) is 24.1 Å². The van der Waals surface area contributed by atoms with Crippen molar-refractivity contribution in [2.24, 2.45) is 11.1 Å². The number of rotatable bonds is 3. The fraction of sp³-hybridized carbons (Fsp3) is 0.263. The molecule has 5 heteroatoms. The molecule has 1 aliphatic carbocycles. The van der Waals surface area contributed by atoms with Crippen molar-refractivity contribution in [1.82, 2.24) is 5.32 Å². The van der Waals surface area contributed by atoms with Crippen LogP contribution >= 0.6 is 0 Å². The van der Waals surface area contributed by atoms with Gasteiger partial charge >= 0.3 is 0 Å². The summed E-state index contributed by atoms with van der Waals surface area (Å²) in [5, 5.41) is 17.6. The summed E-state index contributed by atoms with van der Waals surface area (Å²) < 4.78 is 0. The Kier molecular flexibility index (Phi) is 3.78. The van der Waals surface area contributed by atoms with Gasteiger partial charge in [0.15, 0.2) is 6.10 Å². The Hall–Kier alpha value is -2.66. The third-order valence-corrected chi connectivity index (χ3v) is 4.67. The molecule has 4 atom stereocenters. The topological polar surface area (TPSA) is 70.9 Å². The van der Waals surface area contributed by atoms with E-state index in [2.05, 4.69) is 10.5 Å². The molecule has 1 fully saturated rings. The van der Waals surface area contributed by atoms with Crippen LogP contribution in [0.15, 0.2) is 65.8 Å². The number of hydrogen-bond donors (Lipinski definition) is 2. The van der Waals surface area contributed by atoms with Crippen molar-refractivity contribution in [3.63, 3.8) is 0 Å². The lowest BCUT2D eigenvalue weighted by molar-refractivity contribution is 0.0425. The van der Waals surface area contributed by atoms with E-state index in [9.17, 15) is 9.90 Å². The third kappa shape index (κ3) is 2.57. The predicted octanol–water partition coefficient (Wildman–Crippen LogP) is 1.97. The van der Waals surface area contributed by atoms with E-state index in [0.717, 1.165) is 11.3 Å². The molecule has 1 heterocycles. The standard InChI is InChI=1S/C19H18N2O3/c22-15-11-14(20-19(23)13-9-5-2-6-10-13)18-16(15)17(21-24-18)12-7-3-1-4-8-12/h1-10,14-16,18,22H,11H2,(H,20,23)/t14-,15+,16+,18+/m0/s1. The minimum Gasteiger partial charge on any atom is -0.392 e. The summed E-state index contributed by atoms with van der Waals surface area (Å²) in [6.07, 6.45) is -0.458. The van der Waals surface area contributed by atoms with E-state index in [-0.39, 0.29) is 24.0 Å². The number of amides is 1. The van der Waals surface area contributed by atoms with Crippen LogP contribution < -0.4 is 5.32 Å². The lowest BCUT2D eigenvalue weighted by Gasteiger charge is -2.18. The SMILES string of the molecule is O=C(N[C@H]1C[C@@H](O)[C@@H]2C(c3ccccc3)=NO[C@@H]21)c1ccccc1. The van der Waals surface area contributed by atoms with Crippen LogP contribution in [0.3, 0.4) is 0 Å². The van der Waals surface area contributed by atoms with Crippen molar-refractivity contribution in [2.75, 3.05) is 0 Å². The summed E-state index contributed by atoms with van der Waals surface area (Å²) in [4.78, 5) is 17.9. The van der Waals surface area contributed by atoms with Crippen molar-refractivity contribution < 1.29 is 14.7 Å². The first-order valence-electron chi connectivity index (χ1n) is 8.07. The third-order valence-electron chi connectivity index (χ3n) is 4.67. The highest BCUT2D eigenvalue weighted by molar-refractivity contribution is 6.04. The van der Waals surface area contributed by atoms with Crippen LogP contribution in [-0.2, 0) is 4.84 Å². The lowest BCUT2D eigenvalue weighted by Crippen LogP contribution is -2.42. The Morgan fingerprint density at radius 1 is 1.08 bits per heavy atom. The number of benzene rings is 2. The molecule has 1 aliphatic heterocycles. The van der Waals surface area contributed by atoms with E-state index < -0.39 is 6.10 Å². The molecule has 2 aromatic carbocycles. The van der Waals surface area contributed by atoms with Gasteiger partial charge in [0.25, 0.3) is 5.91 Å². The monoisotopic (exact) mass is 322 g/mol. The van der Waals surface area contributed by atoms with E-state index in [4.69, 9.17) is 4.84 Å². The van der Waals surface area contributed by atoms with Crippen LogP contribution in [0, 0.1) is 5.92 Å². The highest BCUT2D eigenvalue weighted by Gasteiger charge is 2.51. The van der Waals surface area contributed by atoms with E-state index in [1.54, 1.807) is 12.1 Å². The molecule has 2 aliphatic rings. The van der Waals surface area contributed by atoms with Crippen LogP contribution in [0.5, 0.6) is 0 Å². The second kappa shape index (κ2) is 6.09. The highest BCUT2D eigenvalue weighted by atomic mass is 16.6. The van der Waals surface area contributed by atoms with Crippen LogP contribution in [0.1, 0.15) is 22.3 Å². The number of aliphatic hydroxyl groups is 1. The van der Waals surface area contributed by atoms with E-state index in [0.29, 0.717) is 12.0 Å². The van der Waals surface area contributed by atoms with E-state index in [1.807, 2.05) is 48.5 Å². The molecule has 0 bridgehead atoms. The van der Waals surface area contributed by atoms with Crippen molar-refractivity contribution in [3.05, 3.63) is 71.8 Å². The Bertz CT molecular complexity index is 761. The molecule has 2 N–H and O–H groups in total. The molecule has 0 spiro atoms. The van der Waals surface area contributed by atoms with Gasteiger partial charge in [-0.3, -0.25) is 4.79 Å². The molecule has 122 valence electrons. The van der Waals surface area contributed by atoms with Gasteiger partial charge in [-0.25, -0.2) is 0 Å². The summed E-state index contributed by atoms with van der Waals surface area (Å²) >= 11 is 0. The fourth-order valence-corrected chi connectivity index (χ4v) is 3.50. The Morgan fingerprint density at radius 2 is 1.75 bits per heavy atom. The van der Waals surface area contributed by atoms with Gasteiger partial charge in [-0.2, -0.15) is 0 Å². The minimum absolute atomic E-state index is 0.162. The van der Waals surface area contributed by atoms with Crippen molar-refractivity contribution >= 4 is 11.6 Å². The van der Waals surface area contributed by atoms with E-state index in [1.165, 1.54) is 0 Å². The maximum absolute atomic E-state index is 12.4. The van der Waals surface area contributed by atoms with Crippen LogP contribution in [0.25, 0.3) is 0 Å². The molecular formula is C19H18N2O3. The lowest BCUT2D eigenvalue weighted by atomic mass is 9.92. The number of carbonyl (C=O) groups is 1. The minimum atomic E-state index is -0.586. The Balaban J connectivity index is 1.51. The summed E-state index contributed by atoms with van der Waals surface area (Å²) in [6, 6.07) is 18.5. The molecule has 0 saturated heterocycles. The number of nitrogens with one attached hydrogen (secondary N) is 1. The van der Waals surface area contributed by atoms with Crippen molar-refractivity contribution in [2.45, 2.75) is 24.7 Å². The van der Waals surface area contributed by atoms with Gasteiger partial charge in [0.2, 0.25) is 0 Å². The van der Waals surface area contributed by atoms with Crippen molar-refractivity contribution in [1.29, 1.82) is 0 Å². The first-order valence-corrected chi connectivity index (χ1v) is 8.07. The number of aliphatic hydroxyl groups excluding tert-OH is 1. The normalized spacial score (nSPS) is 28.0. The average molecular weight is 322 g/mol. The highest BCUT2D eigenvalue weighted by Crippen LogP contribution is 2.37. The van der Waals surface area contributed by atoms with Gasteiger partial charge in [-0.1, -0.05) is 53.7 Å². The van der Waals surface area contributed by atoms with Gasteiger partial charge < -0.3 is 15.3 Å². The molecule has 5 nitrogen and oxygen atoms in total. The molecule has 2 aromatic rings. The second-order valence-corrected chi connectivity index (χ2v) is 6.19. The van der Waals surface area contributed by atoms with Crippen LogP contribution in [0.2, 0.25) is 0 Å². The zero-order valence-electron chi connectivity index (χ0n) is 13.0. The Labute approximate surface area is 139 Å². The van der Waals surface area contributed by atoms with E-state index >= 15 is 0 Å². The number of hydrogen-bond acceptors (Lipinski definition) is 4. The molecule has 0 unspecified atom stereocenters. The molecule has 0 radical (unpaired) electrons. The molecular weight excluding hydrogens is 304 g/mol. The molecule has 1 amide bonds. The van der Waals surface area contributed by atoms with Gasteiger partial charge in [0, 0.05) is 5.56 Å². The fourth-order valence-electron chi connectivity index (χ4n) is 3.50. The first-order chi connectivity index (χ1) is 11.7. The number of fused-ring (bicyclic) bond motifs is 1. The molecule has 4 rings (SSSR count). The van der Waals surface area contributed by atoms with Gasteiger partial charge in [0.05, 0.1) is 23.8 Å². The maximum Gasteiger partial charge on any atom is 0.251 e. The summed E-state index contributed by atoms with van der Waals surface area (Å²) in [5.74, 6) is -0.376. The summed E-state index contributed by atoms with van der Waals surface area (Å²) in [6.45, 7) is 0. The largest absolute Gasteiger partial charge is 0.392 e. The number of carbonyl (C=O) groups excluding carboxylic acids is 1. The molecule has 0 aromatic heterocycles. The maximum atomic E-state index is 12.4. The number of oxime groups is 1. The van der Waals surface area contributed by atoms with Crippen LogP contribution in [-0.4, -0.2) is 35.0 Å². The average Bonchev–Trinajstić information content (AvgIpc) is 3.19. The van der Waals surface area contributed by atoms with Crippen molar-refractivity contribution in [3.8, 4) is 0 Å². The van der Waals surface area contributed by atoms with Crippen LogP contribution in [0.4, 0.5) is 0 Å². The summed E-state index contributed by atoms with van der Waals surface area (Å²) in [5.41, 5.74) is 2.29. The zero-order valence-corrected chi connectivity index (χ0v) is 13.0. The van der Waals surface area contributed by atoms with Gasteiger partial charge in [0.1, 0.15) is 0 Å². The molecule has 24 heavy (non-hydrogen) atoms.